The van der Waals surface area contributed by atoms with Gasteiger partial charge in [0.05, 0.1) is 6.04 Å². The second kappa shape index (κ2) is 2.97. The number of hydrogen-bond acceptors (Lipinski definition) is 2. The summed E-state index contributed by atoms with van der Waals surface area (Å²) in [6, 6.07) is 0.0390. The Morgan fingerprint density at radius 3 is 2.83 bits per heavy atom. The highest BCUT2D eigenvalue weighted by atomic mass is 31.1. The van der Waals surface area contributed by atoms with Crippen LogP contribution >= 0.6 is 8.73 Å². The van der Waals surface area contributed by atoms with Gasteiger partial charge in [-0.05, 0) is 31.3 Å². The highest BCUT2D eigenvalue weighted by Crippen LogP contribution is 2.49. The van der Waals surface area contributed by atoms with Crippen LogP contribution in [0.3, 0.4) is 0 Å². The van der Waals surface area contributed by atoms with Gasteiger partial charge in [0.2, 0.25) is 5.91 Å². The van der Waals surface area contributed by atoms with Crippen molar-refractivity contribution in [3.63, 3.8) is 0 Å². The number of carbonyl (C=O) groups is 1. The van der Waals surface area contributed by atoms with Gasteiger partial charge in [-0.25, -0.2) is 0 Å². The first-order valence-electron chi connectivity index (χ1n) is 4.45. The van der Waals surface area contributed by atoms with Crippen molar-refractivity contribution < 1.29 is 4.79 Å². The average Bonchev–Trinajstić information content (AvgIpc) is 2.79. The van der Waals surface area contributed by atoms with Crippen molar-refractivity contribution in [1.82, 2.24) is 4.67 Å². The number of rotatable bonds is 2. The fourth-order valence-corrected chi connectivity index (χ4v) is 3.09. The number of primary amides is 1. The monoisotopic (exact) mass is 186 g/mol. The predicted molar refractivity (Wildman–Crippen MR) is 50.1 cm³/mol. The molecule has 0 aromatic rings. The zero-order chi connectivity index (χ0) is 8.72. The molecule has 2 N–H and O–H groups in total. The van der Waals surface area contributed by atoms with E-state index >= 15 is 0 Å². The summed E-state index contributed by atoms with van der Waals surface area (Å²) >= 11 is 0. The number of hydrogen-bond donors (Lipinski definition) is 1. The highest BCUT2D eigenvalue weighted by molar-refractivity contribution is 7.34. The van der Waals surface area contributed by atoms with Crippen molar-refractivity contribution in [2.75, 3.05) is 13.2 Å². The van der Waals surface area contributed by atoms with Gasteiger partial charge in [0.15, 0.2) is 0 Å². The molecule has 4 heteroatoms. The Labute approximate surface area is 74.5 Å². The summed E-state index contributed by atoms with van der Waals surface area (Å²) in [5.41, 5.74) is 5.34. The third-order valence-corrected chi connectivity index (χ3v) is 4.09. The maximum Gasteiger partial charge on any atom is 0.235 e. The average molecular weight is 186 g/mol. The SMILES string of the molecule is CPN1CC2CC2CC1C(N)=O. The van der Waals surface area contributed by atoms with Gasteiger partial charge in [-0.15, -0.1) is 0 Å². The lowest BCUT2D eigenvalue weighted by atomic mass is 10.0. The fourth-order valence-electron chi connectivity index (χ4n) is 2.13. The third kappa shape index (κ3) is 1.36. The predicted octanol–water partition coefficient (Wildman–Crippen LogP) is 0.405. The van der Waals surface area contributed by atoms with Crippen molar-refractivity contribution in [2.24, 2.45) is 17.6 Å². The Bertz CT molecular complexity index is 209. The maximum absolute atomic E-state index is 11.1. The summed E-state index contributed by atoms with van der Waals surface area (Å²) in [4.78, 5) is 11.1. The smallest absolute Gasteiger partial charge is 0.235 e. The van der Waals surface area contributed by atoms with Gasteiger partial charge in [0.1, 0.15) is 0 Å². The van der Waals surface area contributed by atoms with Gasteiger partial charge in [-0.2, -0.15) is 0 Å². The molecule has 1 saturated carbocycles. The van der Waals surface area contributed by atoms with Crippen LogP contribution < -0.4 is 5.73 Å². The molecule has 68 valence electrons. The molecule has 0 spiro atoms. The molecular weight excluding hydrogens is 171 g/mol. The number of nitrogens with zero attached hydrogens (tertiary/aromatic N) is 1. The Balaban J connectivity index is 2.03. The first kappa shape index (κ1) is 8.46. The topological polar surface area (TPSA) is 46.3 Å². The minimum Gasteiger partial charge on any atom is -0.368 e. The zero-order valence-corrected chi connectivity index (χ0v) is 8.29. The van der Waals surface area contributed by atoms with Crippen LogP contribution in [0.5, 0.6) is 0 Å². The molecule has 4 atom stereocenters. The number of fused-ring (bicyclic) bond motifs is 1. The quantitative estimate of drug-likeness (QED) is 0.635. The molecule has 0 aromatic carbocycles. The molecule has 12 heavy (non-hydrogen) atoms. The van der Waals surface area contributed by atoms with Crippen LogP contribution in [0.2, 0.25) is 0 Å². The van der Waals surface area contributed by atoms with Gasteiger partial charge in [-0.3, -0.25) is 9.46 Å². The van der Waals surface area contributed by atoms with Gasteiger partial charge < -0.3 is 5.73 Å². The molecule has 0 aromatic heterocycles. The van der Waals surface area contributed by atoms with E-state index < -0.39 is 0 Å². The Kier molecular flexibility index (Phi) is 2.09. The highest BCUT2D eigenvalue weighted by Gasteiger charge is 2.46. The number of amides is 1. The van der Waals surface area contributed by atoms with Gasteiger partial charge in [0, 0.05) is 6.54 Å². The van der Waals surface area contributed by atoms with Gasteiger partial charge >= 0.3 is 0 Å². The molecule has 2 fully saturated rings. The lowest BCUT2D eigenvalue weighted by Crippen LogP contribution is -2.44. The lowest BCUT2D eigenvalue weighted by Gasteiger charge is -2.31. The fraction of sp³-hybridized carbons (Fsp3) is 0.875. The molecule has 3 nitrogen and oxygen atoms in total. The van der Waals surface area contributed by atoms with Crippen LogP contribution in [0.15, 0.2) is 0 Å². The van der Waals surface area contributed by atoms with Crippen molar-refractivity contribution in [3.05, 3.63) is 0 Å². The normalized spacial score (nSPS) is 41.6. The van der Waals surface area contributed by atoms with E-state index in [1.165, 1.54) is 6.42 Å². The van der Waals surface area contributed by atoms with Crippen molar-refractivity contribution in [3.8, 4) is 0 Å². The van der Waals surface area contributed by atoms with Crippen molar-refractivity contribution in [2.45, 2.75) is 18.9 Å². The minimum atomic E-state index is -0.130. The van der Waals surface area contributed by atoms with Crippen LogP contribution in [0, 0.1) is 11.8 Å². The summed E-state index contributed by atoms with van der Waals surface area (Å²) < 4.78 is 2.25. The Hall–Kier alpha value is -0.140. The van der Waals surface area contributed by atoms with E-state index in [-0.39, 0.29) is 11.9 Å². The molecule has 0 radical (unpaired) electrons. The first-order valence-corrected chi connectivity index (χ1v) is 5.90. The summed E-state index contributed by atoms with van der Waals surface area (Å²) in [5, 5.41) is 0. The molecule has 1 amide bonds. The van der Waals surface area contributed by atoms with Crippen LogP contribution in [0.1, 0.15) is 12.8 Å². The molecule has 2 aliphatic rings. The van der Waals surface area contributed by atoms with Crippen LogP contribution in [-0.4, -0.2) is 29.8 Å². The standard InChI is InChI=1S/C8H15N2OP/c1-12-10-4-6-2-5(6)3-7(10)8(9)11/h5-7,12H,2-4H2,1H3,(H2,9,11). The van der Waals surface area contributed by atoms with Gasteiger partial charge in [0.25, 0.3) is 0 Å². The largest absolute Gasteiger partial charge is 0.368 e. The molecule has 1 aliphatic carbocycles. The zero-order valence-electron chi connectivity index (χ0n) is 7.29. The number of carbonyl (C=O) groups excluding carboxylic acids is 1. The van der Waals surface area contributed by atoms with Crippen LogP contribution in [0.4, 0.5) is 0 Å². The molecular formula is C8H15N2OP. The Morgan fingerprint density at radius 1 is 1.50 bits per heavy atom. The van der Waals surface area contributed by atoms with E-state index in [0.29, 0.717) is 0 Å². The lowest BCUT2D eigenvalue weighted by molar-refractivity contribution is -0.122. The molecule has 1 saturated heterocycles. The molecule has 0 bridgehead atoms. The summed E-state index contributed by atoms with van der Waals surface area (Å²) in [6.07, 6.45) is 2.34. The summed E-state index contributed by atoms with van der Waals surface area (Å²) in [7, 11) is 0.725. The number of piperidine rings is 1. The summed E-state index contributed by atoms with van der Waals surface area (Å²) in [6.45, 7) is 3.23. The van der Waals surface area contributed by atoms with Crippen LogP contribution in [0.25, 0.3) is 0 Å². The molecule has 1 heterocycles. The molecule has 1 aliphatic heterocycles. The van der Waals surface area contributed by atoms with E-state index in [9.17, 15) is 4.79 Å². The van der Waals surface area contributed by atoms with E-state index in [2.05, 4.69) is 11.3 Å². The van der Waals surface area contributed by atoms with Crippen molar-refractivity contribution in [1.29, 1.82) is 0 Å². The van der Waals surface area contributed by atoms with E-state index in [4.69, 9.17) is 5.73 Å². The van der Waals surface area contributed by atoms with E-state index in [0.717, 1.165) is 33.5 Å². The maximum atomic E-state index is 11.1. The Morgan fingerprint density at radius 2 is 2.25 bits per heavy atom. The minimum absolute atomic E-state index is 0.0390. The molecule has 4 unspecified atom stereocenters. The molecule has 2 rings (SSSR count). The summed E-state index contributed by atoms with van der Waals surface area (Å²) in [5.74, 6) is 1.57. The van der Waals surface area contributed by atoms with Crippen LogP contribution in [-0.2, 0) is 4.79 Å². The third-order valence-electron chi connectivity index (χ3n) is 3.02. The van der Waals surface area contributed by atoms with E-state index in [1.54, 1.807) is 0 Å². The first-order chi connectivity index (χ1) is 5.72. The number of nitrogens with two attached hydrogens (primary N) is 1. The van der Waals surface area contributed by atoms with Crippen molar-refractivity contribution >= 4 is 14.6 Å². The van der Waals surface area contributed by atoms with E-state index in [1.807, 2.05) is 0 Å². The second-order valence-corrected chi connectivity index (χ2v) is 4.81. The van der Waals surface area contributed by atoms with Gasteiger partial charge in [-0.1, -0.05) is 8.73 Å². The second-order valence-electron chi connectivity index (χ2n) is 3.79.